The van der Waals surface area contributed by atoms with E-state index >= 15 is 0 Å². The van der Waals surface area contributed by atoms with E-state index in [1.54, 1.807) is 6.07 Å². The van der Waals surface area contributed by atoms with E-state index in [2.05, 4.69) is 26.6 Å². The van der Waals surface area contributed by atoms with Crippen LogP contribution in [0.1, 0.15) is 22.3 Å². The van der Waals surface area contributed by atoms with E-state index in [9.17, 15) is 4.79 Å². The van der Waals surface area contributed by atoms with Crippen molar-refractivity contribution in [3.05, 3.63) is 66.0 Å². The first kappa shape index (κ1) is 16.3. The average Bonchev–Trinajstić information content (AvgIpc) is 3.13. The second-order valence-electron chi connectivity index (χ2n) is 6.40. The van der Waals surface area contributed by atoms with E-state index in [-0.39, 0.29) is 5.91 Å². The van der Waals surface area contributed by atoms with Crippen LogP contribution in [0.3, 0.4) is 0 Å². The van der Waals surface area contributed by atoms with Gasteiger partial charge < -0.3 is 10.1 Å². The van der Waals surface area contributed by atoms with E-state index in [4.69, 9.17) is 4.74 Å². The molecular formula is C20H20N4O2. The lowest BCUT2D eigenvalue weighted by molar-refractivity contribution is 0.0946. The number of nitrogens with one attached hydrogen (secondary N) is 2. The van der Waals surface area contributed by atoms with Crippen molar-refractivity contribution in [3.63, 3.8) is 0 Å². The number of H-pyrrole nitrogens is 1. The quantitative estimate of drug-likeness (QED) is 0.760. The Labute approximate surface area is 151 Å². The molecule has 0 radical (unpaired) electrons. The molecule has 1 atom stereocenters. The number of nitrogens with zero attached hydrogens (tertiary/aromatic N) is 2. The molecule has 0 spiro atoms. The van der Waals surface area contributed by atoms with E-state index in [1.165, 1.54) is 11.9 Å². The molecule has 2 aromatic carbocycles. The van der Waals surface area contributed by atoms with Gasteiger partial charge in [-0.1, -0.05) is 36.4 Å². The van der Waals surface area contributed by atoms with Gasteiger partial charge in [0.05, 0.1) is 12.2 Å². The summed E-state index contributed by atoms with van der Waals surface area (Å²) in [5.74, 6) is 1.79. The Bertz CT molecular complexity index is 892. The van der Waals surface area contributed by atoms with Gasteiger partial charge in [0, 0.05) is 12.1 Å². The van der Waals surface area contributed by atoms with Crippen LogP contribution in [0.15, 0.2) is 54.9 Å². The minimum atomic E-state index is -0.101. The van der Waals surface area contributed by atoms with Crippen molar-refractivity contribution in [1.82, 2.24) is 20.5 Å². The van der Waals surface area contributed by atoms with Crippen LogP contribution in [-0.4, -0.2) is 34.2 Å². The maximum absolute atomic E-state index is 12.7. The van der Waals surface area contributed by atoms with Gasteiger partial charge in [-0.05, 0) is 36.5 Å². The highest BCUT2D eigenvalue weighted by Gasteiger charge is 2.19. The molecule has 26 heavy (non-hydrogen) atoms. The highest BCUT2D eigenvalue weighted by atomic mass is 16.5. The van der Waals surface area contributed by atoms with E-state index in [0.717, 1.165) is 24.2 Å². The van der Waals surface area contributed by atoms with Crippen molar-refractivity contribution in [2.45, 2.75) is 12.8 Å². The fourth-order valence-corrected chi connectivity index (χ4v) is 3.29. The molecule has 0 saturated heterocycles. The van der Waals surface area contributed by atoms with Gasteiger partial charge in [0.2, 0.25) is 0 Å². The summed E-state index contributed by atoms with van der Waals surface area (Å²) in [7, 11) is 0. The summed E-state index contributed by atoms with van der Waals surface area (Å²) >= 11 is 0. The first-order chi connectivity index (χ1) is 12.8. The van der Waals surface area contributed by atoms with Crippen molar-refractivity contribution >= 4 is 5.91 Å². The smallest absolute Gasteiger partial charge is 0.252 e. The zero-order valence-electron chi connectivity index (χ0n) is 14.3. The number of ether oxygens (including phenoxy) is 1. The van der Waals surface area contributed by atoms with Gasteiger partial charge in [-0.15, -0.1) is 0 Å². The molecule has 0 fully saturated rings. The average molecular weight is 348 g/mol. The zero-order chi connectivity index (χ0) is 17.8. The normalized spacial score (nSPS) is 16.2. The lowest BCUT2D eigenvalue weighted by Crippen LogP contribution is -2.30. The molecular weight excluding hydrogens is 328 g/mol. The maximum atomic E-state index is 12.7. The van der Waals surface area contributed by atoms with E-state index in [0.29, 0.717) is 30.5 Å². The number of hydrogen-bond acceptors (Lipinski definition) is 4. The monoisotopic (exact) mass is 348 g/mol. The largest absolute Gasteiger partial charge is 0.493 e. The van der Waals surface area contributed by atoms with E-state index in [1.807, 2.05) is 36.4 Å². The number of rotatable bonds is 4. The fourth-order valence-electron chi connectivity index (χ4n) is 3.29. The van der Waals surface area contributed by atoms with Crippen LogP contribution in [-0.2, 0) is 6.42 Å². The molecule has 132 valence electrons. The summed E-state index contributed by atoms with van der Waals surface area (Å²) in [6.07, 6.45) is 3.26. The Balaban J connectivity index is 1.45. The van der Waals surface area contributed by atoms with Crippen LogP contribution in [0.2, 0.25) is 0 Å². The van der Waals surface area contributed by atoms with Gasteiger partial charge in [0.1, 0.15) is 12.1 Å². The Hall–Kier alpha value is -3.15. The van der Waals surface area contributed by atoms with Crippen LogP contribution in [0.4, 0.5) is 0 Å². The Morgan fingerprint density at radius 2 is 2.04 bits per heavy atom. The zero-order valence-corrected chi connectivity index (χ0v) is 14.3. The lowest BCUT2D eigenvalue weighted by atomic mass is 9.96. The molecule has 1 amide bonds. The molecule has 2 N–H and O–H groups in total. The molecule has 0 aliphatic carbocycles. The second kappa shape index (κ2) is 7.39. The summed E-state index contributed by atoms with van der Waals surface area (Å²) in [5.41, 5.74) is 2.54. The molecule has 1 aromatic heterocycles. The lowest BCUT2D eigenvalue weighted by Gasteiger charge is -2.15. The second-order valence-corrected chi connectivity index (χ2v) is 6.40. The topological polar surface area (TPSA) is 79.9 Å². The van der Waals surface area contributed by atoms with Gasteiger partial charge in [-0.3, -0.25) is 9.89 Å². The molecule has 4 rings (SSSR count). The summed E-state index contributed by atoms with van der Waals surface area (Å²) in [4.78, 5) is 16.9. The molecule has 0 bridgehead atoms. The summed E-state index contributed by atoms with van der Waals surface area (Å²) in [6, 6.07) is 15.5. The number of fused-ring (bicyclic) bond motifs is 1. The predicted octanol–water partition coefficient (Wildman–Crippen LogP) is 2.84. The van der Waals surface area contributed by atoms with Crippen molar-refractivity contribution in [1.29, 1.82) is 0 Å². The maximum Gasteiger partial charge on any atom is 0.252 e. The number of aromatic amines is 1. The molecule has 1 aliphatic heterocycles. The fraction of sp³-hybridized carbons (Fsp3) is 0.250. The number of aromatic nitrogens is 3. The highest BCUT2D eigenvalue weighted by Crippen LogP contribution is 2.26. The third-order valence-corrected chi connectivity index (χ3v) is 4.66. The number of carbonyl (C=O) groups is 1. The van der Waals surface area contributed by atoms with Gasteiger partial charge in [0.15, 0.2) is 5.82 Å². The number of amides is 1. The van der Waals surface area contributed by atoms with Crippen LogP contribution >= 0.6 is 0 Å². The number of hydrogen-bond donors (Lipinski definition) is 2. The summed E-state index contributed by atoms with van der Waals surface area (Å²) < 4.78 is 5.81. The van der Waals surface area contributed by atoms with Crippen LogP contribution in [0, 0.1) is 5.92 Å². The van der Waals surface area contributed by atoms with Crippen LogP contribution in [0.5, 0.6) is 5.75 Å². The number of benzene rings is 2. The Kier molecular flexibility index (Phi) is 4.64. The molecule has 0 saturated carbocycles. The molecule has 6 heteroatoms. The highest BCUT2D eigenvalue weighted by molar-refractivity contribution is 6.00. The van der Waals surface area contributed by atoms with Crippen molar-refractivity contribution in [2.24, 2.45) is 5.92 Å². The van der Waals surface area contributed by atoms with Gasteiger partial charge in [0.25, 0.3) is 5.91 Å². The molecule has 6 nitrogen and oxygen atoms in total. The summed E-state index contributed by atoms with van der Waals surface area (Å²) in [5, 5.41) is 9.76. The molecule has 3 aromatic rings. The summed E-state index contributed by atoms with van der Waals surface area (Å²) in [6.45, 7) is 1.29. The predicted molar refractivity (Wildman–Crippen MR) is 97.9 cm³/mol. The van der Waals surface area contributed by atoms with Crippen LogP contribution < -0.4 is 10.1 Å². The first-order valence-electron chi connectivity index (χ1n) is 8.75. The minimum absolute atomic E-state index is 0.101. The Morgan fingerprint density at radius 3 is 2.92 bits per heavy atom. The van der Waals surface area contributed by atoms with Gasteiger partial charge >= 0.3 is 0 Å². The van der Waals surface area contributed by atoms with Crippen molar-refractivity contribution < 1.29 is 9.53 Å². The van der Waals surface area contributed by atoms with Gasteiger partial charge in [-0.2, -0.15) is 5.10 Å². The number of para-hydroxylation sites is 1. The van der Waals surface area contributed by atoms with Crippen molar-refractivity contribution in [2.75, 3.05) is 13.2 Å². The SMILES string of the molecule is O=C(NC[C@H]1CCOc2ccccc2C1)c1ccccc1-c1ncn[nH]1. The van der Waals surface area contributed by atoms with Crippen molar-refractivity contribution in [3.8, 4) is 17.1 Å². The standard InChI is InChI=1S/C20H20N4O2/c25-20(17-7-3-2-6-16(17)19-22-13-23-24-19)21-12-14-9-10-26-18-8-4-1-5-15(18)11-14/h1-8,13-14H,9-12H2,(H,21,25)(H,22,23,24)/t14-/m0/s1. The molecule has 2 heterocycles. The first-order valence-corrected chi connectivity index (χ1v) is 8.75. The molecule has 1 aliphatic rings. The van der Waals surface area contributed by atoms with Gasteiger partial charge in [-0.25, -0.2) is 4.98 Å². The minimum Gasteiger partial charge on any atom is -0.493 e. The molecule has 0 unspecified atom stereocenters. The van der Waals surface area contributed by atoms with E-state index < -0.39 is 0 Å². The van der Waals surface area contributed by atoms with Crippen LogP contribution in [0.25, 0.3) is 11.4 Å². The Morgan fingerprint density at radius 1 is 1.19 bits per heavy atom. The third-order valence-electron chi connectivity index (χ3n) is 4.66. The third kappa shape index (κ3) is 3.44. The number of carbonyl (C=O) groups excluding carboxylic acids is 1.